The van der Waals surface area contributed by atoms with Gasteiger partial charge in [-0.25, -0.2) is 0 Å². The first-order chi connectivity index (χ1) is 6.79. The lowest BCUT2D eigenvalue weighted by Gasteiger charge is -2.28. The number of rotatable bonds is 3. The van der Waals surface area contributed by atoms with Crippen LogP contribution < -0.4 is 4.90 Å². The second-order valence-corrected chi connectivity index (χ2v) is 4.96. The van der Waals surface area contributed by atoms with E-state index in [-0.39, 0.29) is 0 Å². The van der Waals surface area contributed by atoms with E-state index >= 15 is 0 Å². The summed E-state index contributed by atoms with van der Waals surface area (Å²) in [5, 5.41) is 9.75. The van der Waals surface area contributed by atoms with Crippen molar-refractivity contribution < 1.29 is 5.11 Å². The van der Waals surface area contributed by atoms with Gasteiger partial charge in [-0.15, -0.1) is 0 Å². The minimum Gasteiger partial charge on any atom is -0.389 e. The van der Waals surface area contributed by atoms with Crippen molar-refractivity contribution in [3.63, 3.8) is 0 Å². The third-order valence-electron chi connectivity index (χ3n) is 2.39. The summed E-state index contributed by atoms with van der Waals surface area (Å²) in [4.78, 5) is 2.09. The third kappa shape index (κ3) is 3.56. The number of hydrogen-bond acceptors (Lipinski definition) is 2. The standard InChI is InChI=1S/C13H21NO/c1-10-6-7-12(11(2)8-10)14(5)9-13(3,4)15/h6-8,15H,9H2,1-5H3. The van der Waals surface area contributed by atoms with Crippen LogP contribution in [0, 0.1) is 13.8 Å². The fraction of sp³-hybridized carbons (Fsp3) is 0.538. The molecule has 0 heterocycles. The van der Waals surface area contributed by atoms with Crippen molar-refractivity contribution in [2.75, 3.05) is 18.5 Å². The maximum absolute atomic E-state index is 9.75. The normalized spacial score (nSPS) is 11.6. The molecule has 1 N–H and O–H groups in total. The van der Waals surface area contributed by atoms with E-state index < -0.39 is 5.60 Å². The molecule has 0 radical (unpaired) electrons. The highest BCUT2D eigenvalue weighted by molar-refractivity contribution is 5.53. The van der Waals surface area contributed by atoms with Crippen molar-refractivity contribution in [1.29, 1.82) is 0 Å². The van der Waals surface area contributed by atoms with Gasteiger partial charge in [0.05, 0.1) is 5.60 Å². The van der Waals surface area contributed by atoms with Crippen LogP contribution in [0.25, 0.3) is 0 Å². The first-order valence-electron chi connectivity index (χ1n) is 5.30. The summed E-state index contributed by atoms with van der Waals surface area (Å²) in [5.41, 5.74) is 3.05. The predicted octanol–water partition coefficient (Wildman–Crippen LogP) is 2.51. The molecule has 0 fully saturated rings. The molecular weight excluding hydrogens is 186 g/mol. The summed E-state index contributed by atoms with van der Waals surface area (Å²) < 4.78 is 0. The van der Waals surface area contributed by atoms with Gasteiger partial charge in [-0.2, -0.15) is 0 Å². The molecule has 0 amide bonds. The van der Waals surface area contributed by atoms with Crippen LogP contribution in [0.4, 0.5) is 5.69 Å². The molecule has 0 saturated carbocycles. The van der Waals surface area contributed by atoms with Gasteiger partial charge in [-0.1, -0.05) is 17.7 Å². The smallest absolute Gasteiger partial charge is 0.0765 e. The molecule has 0 bridgehead atoms. The summed E-state index contributed by atoms with van der Waals surface area (Å²) in [6.07, 6.45) is 0. The van der Waals surface area contributed by atoms with Crippen molar-refractivity contribution in [3.8, 4) is 0 Å². The zero-order valence-corrected chi connectivity index (χ0v) is 10.3. The van der Waals surface area contributed by atoms with Gasteiger partial charge in [0, 0.05) is 19.3 Å². The fourth-order valence-electron chi connectivity index (χ4n) is 1.90. The molecule has 0 aromatic heterocycles. The Hall–Kier alpha value is -1.02. The summed E-state index contributed by atoms with van der Waals surface area (Å²) in [5.74, 6) is 0. The summed E-state index contributed by atoms with van der Waals surface area (Å²) in [7, 11) is 2.01. The Morgan fingerprint density at radius 3 is 2.33 bits per heavy atom. The molecular formula is C13H21NO. The van der Waals surface area contributed by atoms with Crippen LogP contribution in [0.5, 0.6) is 0 Å². The molecule has 1 aromatic rings. The zero-order valence-electron chi connectivity index (χ0n) is 10.3. The van der Waals surface area contributed by atoms with Crippen molar-refractivity contribution in [1.82, 2.24) is 0 Å². The highest BCUT2D eigenvalue weighted by Gasteiger charge is 2.16. The number of hydrogen-bond donors (Lipinski definition) is 1. The van der Waals surface area contributed by atoms with Gasteiger partial charge >= 0.3 is 0 Å². The van der Waals surface area contributed by atoms with Crippen LogP contribution in [0.1, 0.15) is 25.0 Å². The van der Waals surface area contributed by atoms with Gasteiger partial charge in [-0.3, -0.25) is 0 Å². The first kappa shape index (κ1) is 12.1. The lowest BCUT2D eigenvalue weighted by molar-refractivity contribution is 0.0886. The lowest BCUT2D eigenvalue weighted by Crippen LogP contribution is -2.36. The first-order valence-corrected chi connectivity index (χ1v) is 5.30. The maximum atomic E-state index is 9.75. The van der Waals surface area contributed by atoms with Crippen LogP contribution in [0.15, 0.2) is 18.2 Å². The molecule has 0 spiro atoms. The van der Waals surface area contributed by atoms with Crippen molar-refractivity contribution in [2.24, 2.45) is 0 Å². The van der Waals surface area contributed by atoms with Gasteiger partial charge in [0.2, 0.25) is 0 Å². The van der Waals surface area contributed by atoms with E-state index in [1.807, 2.05) is 20.9 Å². The molecule has 0 atom stereocenters. The van der Waals surface area contributed by atoms with Crippen LogP contribution in [-0.4, -0.2) is 24.3 Å². The van der Waals surface area contributed by atoms with Gasteiger partial charge in [0.15, 0.2) is 0 Å². The largest absolute Gasteiger partial charge is 0.389 e. The Labute approximate surface area is 92.5 Å². The lowest BCUT2D eigenvalue weighted by atomic mass is 10.1. The van der Waals surface area contributed by atoms with Gasteiger partial charge < -0.3 is 10.0 Å². The molecule has 1 rings (SSSR count). The van der Waals surface area contributed by atoms with Crippen LogP contribution in [-0.2, 0) is 0 Å². The van der Waals surface area contributed by atoms with Crippen molar-refractivity contribution >= 4 is 5.69 Å². The Morgan fingerprint density at radius 1 is 1.27 bits per heavy atom. The molecule has 0 aliphatic carbocycles. The average molecular weight is 207 g/mol. The van der Waals surface area contributed by atoms with Crippen molar-refractivity contribution in [2.45, 2.75) is 33.3 Å². The molecule has 0 saturated heterocycles. The molecule has 0 aliphatic heterocycles. The van der Waals surface area contributed by atoms with E-state index in [1.165, 1.54) is 16.8 Å². The molecule has 2 heteroatoms. The van der Waals surface area contributed by atoms with Gasteiger partial charge in [-0.05, 0) is 39.3 Å². The molecule has 0 unspecified atom stereocenters. The van der Waals surface area contributed by atoms with Gasteiger partial charge in [0.1, 0.15) is 0 Å². The maximum Gasteiger partial charge on any atom is 0.0765 e. The Morgan fingerprint density at radius 2 is 1.87 bits per heavy atom. The number of likely N-dealkylation sites (N-methyl/N-ethyl adjacent to an activating group) is 1. The monoisotopic (exact) mass is 207 g/mol. The number of aryl methyl sites for hydroxylation is 2. The van der Waals surface area contributed by atoms with Crippen molar-refractivity contribution in [3.05, 3.63) is 29.3 Å². The number of nitrogens with zero attached hydrogens (tertiary/aromatic N) is 1. The Bertz CT molecular complexity index is 339. The molecule has 0 aliphatic rings. The summed E-state index contributed by atoms with van der Waals surface area (Å²) in [6.45, 7) is 8.48. The minimum atomic E-state index is -0.661. The topological polar surface area (TPSA) is 23.5 Å². The minimum absolute atomic E-state index is 0.636. The third-order valence-corrected chi connectivity index (χ3v) is 2.39. The number of anilines is 1. The molecule has 1 aromatic carbocycles. The molecule has 2 nitrogen and oxygen atoms in total. The number of benzene rings is 1. The average Bonchev–Trinajstić information content (AvgIpc) is 1.99. The SMILES string of the molecule is Cc1ccc(N(C)CC(C)(C)O)c(C)c1. The summed E-state index contributed by atoms with van der Waals surface area (Å²) in [6, 6.07) is 6.37. The Kier molecular flexibility index (Phi) is 3.40. The van der Waals surface area contributed by atoms with Crippen LogP contribution >= 0.6 is 0 Å². The molecule has 15 heavy (non-hydrogen) atoms. The quantitative estimate of drug-likeness (QED) is 0.823. The van der Waals surface area contributed by atoms with E-state index in [9.17, 15) is 5.11 Å². The van der Waals surface area contributed by atoms with E-state index in [0.717, 1.165) is 0 Å². The highest BCUT2D eigenvalue weighted by atomic mass is 16.3. The second-order valence-electron chi connectivity index (χ2n) is 4.96. The second kappa shape index (κ2) is 4.23. The highest BCUT2D eigenvalue weighted by Crippen LogP contribution is 2.21. The van der Waals surface area contributed by atoms with E-state index in [1.54, 1.807) is 0 Å². The summed E-state index contributed by atoms with van der Waals surface area (Å²) >= 11 is 0. The fourth-order valence-corrected chi connectivity index (χ4v) is 1.90. The van der Waals surface area contributed by atoms with E-state index in [4.69, 9.17) is 0 Å². The van der Waals surface area contributed by atoms with Crippen LogP contribution in [0.3, 0.4) is 0 Å². The van der Waals surface area contributed by atoms with E-state index in [2.05, 4.69) is 36.9 Å². The van der Waals surface area contributed by atoms with Crippen LogP contribution in [0.2, 0.25) is 0 Å². The number of aliphatic hydroxyl groups is 1. The van der Waals surface area contributed by atoms with E-state index in [0.29, 0.717) is 6.54 Å². The van der Waals surface area contributed by atoms with Gasteiger partial charge in [0.25, 0.3) is 0 Å². The Balaban J connectivity index is 2.87. The molecule has 84 valence electrons. The predicted molar refractivity (Wildman–Crippen MR) is 65.5 cm³/mol. The zero-order chi connectivity index (χ0) is 11.6.